The molecule has 0 saturated heterocycles. The monoisotopic (exact) mass is 293 g/mol. The predicted molar refractivity (Wildman–Crippen MR) is 89.4 cm³/mol. The van der Waals surface area contributed by atoms with Gasteiger partial charge in [-0.1, -0.05) is 43.6 Å². The van der Waals surface area contributed by atoms with Crippen LogP contribution < -0.4 is 16.4 Å². The lowest BCUT2D eigenvalue weighted by atomic mass is 9.82. The summed E-state index contributed by atoms with van der Waals surface area (Å²) in [5, 5.41) is 6.29. The zero-order chi connectivity index (χ0) is 15.9. The van der Waals surface area contributed by atoms with Crippen molar-refractivity contribution in [3.05, 3.63) is 71.3 Å². The Morgan fingerprint density at radius 3 is 2.64 bits per heavy atom. The summed E-state index contributed by atoms with van der Waals surface area (Å²) >= 11 is 0. The van der Waals surface area contributed by atoms with Gasteiger partial charge in [-0.15, -0.1) is 0 Å². The molecule has 0 fully saturated rings. The summed E-state index contributed by atoms with van der Waals surface area (Å²) in [5.41, 5.74) is 10.2. The number of para-hydroxylation sites is 1. The van der Waals surface area contributed by atoms with Crippen LogP contribution in [-0.4, -0.2) is 7.85 Å². The molecule has 0 bridgehead atoms. The number of halogens is 1. The molecule has 3 rings (SSSR count). The Bertz CT molecular complexity index is 743. The molecule has 3 nitrogen and oxygen atoms in total. The molecule has 1 heterocycles. The Balaban J connectivity index is 1.99. The van der Waals surface area contributed by atoms with Crippen LogP contribution in [0.15, 0.2) is 48.8 Å². The Hall–Kier alpha value is -2.27. The van der Waals surface area contributed by atoms with E-state index in [1.165, 1.54) is 6.07 Å². The first-order chi connectivity index (χ1) is 10.5. The summed E-state index contributed by atoms with van der Waals surface area (Å²) in [5.74, 6) is 0.0274. The maximum atomic E-state index is 14.1. The molecule has 0 aliphatic carbocycles. The lowest BCUT2D eigenvalue weighted by Crippen LogP contribution is -2.14. The van der Waals surface area contributed by atoms with E-state index in [1.54, 1.807) is 13.0 Å². The second-order valence-electron chi connectivity index (χ2n) is 5.55. The first kappa shape index (κ1) is 14.7. The summed E-state index contributed by atoms with van der Waals surface area (Å²) in [6.45, 7) is 5.60. The smallest absolute Gasteiger partial charge is 0.126 e. The van der Waals surface area contributed by atoms with Gasteiger partial charge >= 0.3 is 0 Å². The Morgan fingerprint density at radius 2 is 1.95 bits per heavy atom. The minimum Gasteiger partial charge on any atom is -0.341 e. The Kier molecular flexibility index (Phi) is 3.67. The quantitative estimate of drug-likeness (QED) is 0.760. The molecule has 22 heavy (non-hydrogen) atoms. The molecular formula is C17H17BFN3. The Labute approximate surface area is 130 Å². The summed E-state index contributed by atoms with van der Waals surface area (Å²) in [6, 6.07) is 10.3. The fourth-order valence-electron chi connectivity index (χ4n) is 2.70. The van der Waals surface area contributed by atoms with Crippen molar-refractivity contribution < 1.29 is 4.39 Å². The van der Waals surface area contributed by atoms with Gasteiger partial charge in [0.2, 0.25) is 0 Å². The molecule has 1 aliphatic rings. The lowest BCUT2D eigenvalue weighted by molar-refractivity contribution is 0.606. The molecule has 0 aromatic heterocycles. The first-order valence-electron chi connectivity index (χ1n) is 7.13. The van der Waals surface area contributed by atoms with Crippen LogP contribution in [0, 0.1) is 5.82 Å². The largest absolute Gasteiger partial charge is 0.341 e. The summed E-state index contributed by atoms with van der Waals surface area (Å²) in [4.78, 5) is 0. The molecule has 2 unspecified atom stereocenters. The second kappa shape index (κ2) is 5.50. The summed E-state index contributed by atoms with van der Waals surface area (Å²) < 4.78 is 14.1. The van der Waals surface area contributed by atoms with E-state index in [2.05, 4.69) is 17.2 Å². The lowest BCUT2D eigenvalue weighted by Gasteiger charge is -2.17. The van der Waals surface area contributed by atoms with Crippen LogP contribution in [0.25, 0.3) is 0 Å². The van der Waals surface area contributed by atoms with Crippen molar-refractivity contribution in [2.75, 3.05) is 10.6 Å². The van der Waals surface area contributed by atoms with Crippen molar-refractivity contribution in [3.63, 3.8) is 0 Å². The predicted octanol–water partition coefficient (Wildman–Crippen LogP) is 3.41. The first-order valence-corrected chi connectivity index (χ1v) is 7.13. The number of anilines is 2. The number of nitrogens with one attached hydrogen (secondary N) is 2. The molecule has 110 valence electrons. The van der Waals surface area contributed by atoms with Gasteiger partial charge in [0.25, 0.3) is 0 Å². The fraction of sp³-hybridized carbons (Fsp3) is 0.176. The molecule has 2 aromatic rings. The average molecular weight is 293 g/mol. The highest BCUT2D eigenvalue weighted by Crippen LogP contribution is 2.37. The van der Waals surface area contributed by atoms with E-state index in [0.29, 0.717) is 16.9 Å². The summed E-state index contributed by atoms with van der Waals surface area (Å²) in [7, 11) is 5.74. The van der Waals surface area contributed by atoms with Gasteiger partial charge in [-0.05, 0) is 28.8 Å². The van der Waals surface area contributed by atoms with Gasteiger partial charge in [0.05, 0.1) is 25.3 Å². The van der Waals surface area contributed by atoms with Gasteiger partial charge in [-0.25, -0.2) is 4.39 Å². The molecule has 4 N–H and O–H groups in total. The van der Waals surface area contributed by atoms with Crippen LogP contribution in [0.1, 0.15) is 35.5 Å². The molecule has 1 aliphatic heterocycles. The van der Waals surface area contributed by atoms with E-state index in [0.717, 1.165) is 16.9 Å². The third-order valence-electron chi connectivity index (χ3n) is 3.87. The van der Waals surface area contributed by atoms with Crippen molar-refractivity contribution in [1.29, 1.82) is 0 Å². The topological polar surface area (TPSA) is 50.1 Å². The molecule has 2 radical (unpaired) electrons. The van der Waals surface area contributed by atoms with Gasteiger partial charge in [0, 0.05) is 0 Å². The normalized spacial score (nSPS) is 15.7. The molecule has 2 atom stereocenters. The minimum absolute atomic E-state index is 0.328. The SMILES string of the molecule is [B]C(C)c1ccc(C(N)c2cccc3c2NC(=C)N3)cc1F. The third-order valence-corrected chi connectivity index (χ3v) is 3.87. The highest BCUT2D eigenvalue weighted by molar-refractivity contribution is 6.12. The van der Waals surface area contributed by atoms with Crippen molar-refractivity contribution in [1.82, 2.24) is 0 Å². The van der Waals surface area contributed by atoms with Crippen molar-refractivity contribution in [3.8, 4) is 0 Å². The zero-order valence-corrected chi connectivity index (χ0v) is 12.4. The van der Waals surface area contributed by atoms with Gasteiger partial charge in [-0.2, -0.15) is 0 Å². The standard InChI is InChI=1S/C17H17BFN3/c1-9(18)12-7-6-11(8-14(12)19)16(20)13-4-3-5-15-17(13)22-10(2)21-15/h3-9,16,21-22H,2,20H2,1H3. The summed E-state index contributed by atoms with van der Waals surface area (Å²) in [6.07, 6.45) is 0. The van der Waals surface area contributed by atoms with E-state index in [4.69, 9.17) is 13.6 Å². The number of rotatable bonds is 3. The zero-order valence-electron chi connectivity index (χ0n) is 12.4. The van der Waals surface area contributed by atoms with Gasteiger partial charge in [0.1, 0.15) is 11.6 Å². The molecule has 2 aromatic carbocycles. The number of benzene rings is 2. The number of fused-ring (bicyclic) bond motifs is 1. The second-order valence-corrected chi connectivity index (χ2v) is 5.55. The third kappa shape index (κ3) is 2.48. The van der Waals surface area contributed by atoms with Gasteiger partial charge < -0.3 is 16.4 Å². The van der Waals surface area contributed by atoms with E-state index >= 15 is 0 Å². The molecule has 5 heteroatoms. The molecule has 0 amide bonds. The molecule has 0 spiro atoms. The molecular weight excluding hydrogens is 276 g/mol. The van der Waals surface area contributed by atoms with Gasteiger partial charge in [-0.3, -0.25) is 0 Å². The number of nitrogens with two attached hydrogens (primary N) is 1. The number of hydrogen-bond donors (Lipinski definition) is 3. The van der Waals surface area contributed by atoms with Gasteiger partial charge in [0.15, 0.2) is 0 Å². The van der Waals surface area contributed by atoms with Crippen LogP contribution in [-0.2, 0) is 0 Å². The molecule has 0 saturated carbocycles. The Morgan fingerprint density at radius 1 is 1.18 bits per heavy atom. The van der Waals surface area contributed by atoms with Crippen LogP contribution in [0.2, 0.25) is 0 Å². The maximum absolute atomic E-state index is 14.1. The van der Waals surface area contributed by atoms with Crippen molar-refractivity contribution in [2.45, 2.75) is 18.8 Å². The van der Waals surface area contributed by atoms with Crippen LogP contribution in [0.3, 0.4) is 0 Å². The minimum atomic E-state index is -0.438. The average Bonchev–Trinajstić information content (AvgIpc) is 2.85. The van der Waals surface area contributed by atoms with E-state index in [1.807, 2.05) is 24.3 Å². The van der Waals surface area contributed by atoms with Crippen molar-refractivity contribution in [2.24, 2.45) is 5.73 Å². The highest BCUT2D eigenvalue weighted by Gasteiger charge is 2.21. The van der Waals surface area contributed by atoms with Crippen LogP contribution in [0.5, 0.6) is 0 Å². The maximum Gasteiger partial charge on any atom is 0.126 e. The van der Waals surface area contributed by atoms with Crippen LogP contribution >= 0.6 is 0 Å². The van der Waals surface area contributed by atoms with Crippen molar-refractivity contribution >= 4 is 19.2 Å². The van der Waals surface area contributed by atoms with E-state index in [9.17, 15) is 4.39 Å². The van der Waals surface area contributed by atoms with Crippen LogP contribution in [0.4, 0.5) is 15.8 Å². The number of hydrogen-bond acceptors (Lipinski definition) is 3. The van der Waals surface area contributed by atoms with E-state index < -0.39 is 6.04 Å². The van der Waals surface area contributed by atoms with E-state index in [-0.39, 0.29) is 11.6 Å². The fourth-order valence-corrected chi connectivity index (χ4v) is 2.70. The highest BCUT2D eigenvalue weighted by atomic mass is 19.1.